The van der Waals surface area contributed by atoms with E-state index < -0.39 is 10.0 Å². The Morgan fingerprint density at radius 3 is 2.50 bits per heavy atom. The molecular weight excluding hydrogens is 470 g/mol. The summed E-state index contributed by atoms with van der Waals surface area (Å²) in [6.45, 7) is 0. The molecule has 2 heterocycles. The van der Waals surface area contributed by atoms with E-state index >= 15 is 0 Å². The summed E-state index contributed by atoms with van der Waals surface area (Å²) >= 11 is 7.45. The lowest BCUT2D eigenvalue weighted by molar-refractivity contribution is -0.115. The Balaban J connectivity index is 1.38. The second-order valence-electron chi connectivity index (χ2n) is 6.58. The van der Waals surface area contributed by atoms with Crippen molar-refractivity contribution in [3.8, 4) is 10.6 Å². The first kappa shape index (κ1) is 21.9. The monoisotopic (exact) mass is 485 g/mol. The molecule has 32 heavy (non-hydrogen) atoms. The summed E-state index contributed by atoms with van der Waals surface area (Å²) in [5, 5.41) is 5.96. The summed E-state index contributed by atoms with van der Waals surface area (Å²) in [4.78, 5) is 24.6. The molecule has 1 amide bonds. The number of sulfonamides is 1. The molecule has 0 radical (unpaired) electrons. The maximum Gasteiger partial charge on any atom is 0.264 e. The molecule has 0 spiro atoms. The van der Waals surface area contributed by atoms with Gasteiger partial charge in [0.25, 0.3) is 10.0 Å². The van der Waals surface area contributed by atoms with Crippen molar-refractivity contribution in [3.63, 3.8) is 0 Å². The highest BCUT2D eigenvalue weighted by atomic mass is 35.5. The molecular formula is C21H16ClN5O3S2. The summed E-state index contributed by atoms with van der Waals surface area (Å²) in [5.74, 6) is -0.287. The van der Waals surface area contributed by atoms with Gasteiger partial charge in [0.05, 0.1) is 17.0 Å². The Labute approximate surface area is 193 Å². The Morgan fingerprint density at radius 1 is 1.03 bits per heavy atom. The van der Waals surface area contributed by atoms with Crippen LogP contribution in [-0.2, 0) is 21.2 Å². The Morgan fingerprint density at radius 2 is 1.78 bits per heavy atom. The maximum atomic E-state index is 12.4. The molecule has 8 nitrogen and oxygen atoms in total. The predicted octanol–water partition coefficient (Wildman–Crippen LogP) is 4.24. The van der Waals surface area contributed by atoms with Crippen LogP contribution in [0.4, 0.5) is 11.6 Å². The molecule has 2 aromatic heterocycles. The molecule has 0 aliphatic rings. The second-order valence-corrected chi connectivity index (χ2v) is 9.56. The fraction of sp³-hybridized carbons (Fsp3) is 0.0476. The quantitative estimate of drug-likeness (QED) is 0.404. The molecule has 0 aliphatic carbocycles. The van der Waals surface area contributed by atoms with Gasteiger partial charge in [0.2, 0.25) is 11.9 Å². The Bertz CT molecular complexity index is 1340. The lowest BCUT2D eigenvalue weighted by Gasteiger charge is -2.08. The van der Waals surface area contributed by atoms with Crippen LogP contribution in [0.5, 0.6) is 0 Å². The average Bonchev–Trinajstić information content (AvgIpc) is 3.23. The van der Waals surface area contributed by atoms with Gasteiger partial charge in [0.1, 0.15) is 5.01 Å². The van der Waals surface area contributed by atoms with Crippen LogP contribution >= 0.6 is 22.9 Å². The van der Waals surface area contributed by atoms with Crippen LogP contribution < -0.4 is 10.0 Å². The molecule has 0 bridgehead atoms. The molecule has 2 N–H and O–H groups in total. The van der Waals surface area contributed by atoms with E-state index in [-0.39, 0.29) is 23.2 Å². The summed E-state index contributed by atoms with van der Waals surface area (Å²) in [6, 6.07) is 14.7. The van der Waals surface area contributed by atoms with Crippen LogP contribution in [0.3, 0.4) is 0 Å². The molecule has 2 aromatic carbocycles. The van der Waals surface area contributed by atoms with Crippen molar-refractivity contribution in [1.82, 2.24) is 15.0 Å². The molecule has 11 heteroatoms. The number of thiazole rings is 1. The van der Waals surface area contributed by atoms with Crippen molar-refractivity contribution < 1.29 is 13.2 Å². The number of amides is 1. The Hall–Kier alpha value is -3.34. The van der Waals surface area contributed by atoms with E-state index in [0.29, 0.717) is 16.4 Å². The van der Waals surface area contributed by atoms with Crippen molar-refractivity contribution >= 4 is 50.5 Å². The largest absolute Gasteiger partial charge is 0.326 e. The number of benzene rings is 2. The van der Waals surface area contributed by atoms with Crippen molar-refractivity contribution in [3.05, 3.63) is 83.1 Å². The van der Waals surface area contributed by atoms with Gasteiger partial charge in [-0.2, -0.15) is 0 Å². The molecule has 0 saturated heterocycles. The summed E-state index contributed by atoms with van der Waals surface area (Å²) in [7, 11) is -3.84. The number of hydrogen-bond donors (Lipinski definition) is 2. The van der Waals surface area contributed by atoms with Gasteiger partial charge in [0.15, 0.2) is 0 Å². The van der Waals surface area contributed by atoms with E-state index in [0.717, 1.165) is 10.6 Å². The van der Waals surface area contributed by atoms with Crippen LogP contribution in [-0.4, -0.2) is 29.3 Å². The topological polar surface area (TPSA) is 114 Å². The van der Waals surface area contributed by atoms with Gasteiger partial charge in [-0.1, -0.05) is 23.7 Å². The lowest BCUT2D eigenvalue weighted by atomic mass is 10.2. The van der Waals surface area contributed by atoms with E-state index in [1.807, 2.05) is 23.6 Å². The molecule has 4 aromatic rings. The first-order valence-corrected chi connectivity index (χ1v) is 12.0. The minimum Gasteiger partial charge on any atom is -0.326 e. The highest BCUT2D eigenvalue weighted by molar-refractivity contribution is 7.92. The second kappa shape index (κ2) is 9.43. The predicted molar refractivity (Wildman–Crippen MR) is 124 cm³/mol. The molecule has 0 atom stereocenters. The number of nitrogens with zero attached hydrogens (tertiary/aromatic N) is 3. The SMILES string of the molecule is O=C(Cc1csc(-c2cccc(Cl)c2)n1)Nc1ccc(S(=O)(=O)Nc2ncccn2)cc1. The first-order chi connectivity index (χ1) is 15.4. The van der Waals surface area contributed by atoms with Gasteiger partial charge in [0, 0.05) is 34.0 Å². The van der Waals surface area contributed by atoms with Gasteiger partial charge in [-0.05, 0) is 42.5 Å². The van der Waals surface area contributed by atoms with Gasteiger partial charge in [-0.15, -0.1) is 11.3 Å². The number of halogens is 1. The van der Waals surface area contributed by atoms with Crippen LogP contribution in [0.15, 0.2) is 77.3 Å². The van der Waals surface area contributed by atoms with Crippen LogP contribution in [0.2, 0.25) is 5.02 Å². The number of carbonyl (C=O) groups excluding carboxylic acids is 1. The van der Waals surface area contributed by atoms with Crippen molar-refractivity contribution in [2.24, 2.45) is 0 Å². The number of nitrogens with one attached hydrogen (secondary N) is 2. The minimum absolute atomic E-state index is 0.0219. The third-order valence-electron chi connectivity index (χ3n) is 4.20. The standard InChI is InChI=1S/C21H16ClN5O3S2/c22-15-4-1-3-14(11-15)20-26-17(13-31-20)12-19(28)25-16-5-7-18(8-6-16)32(29,30)27-21-23-9-2-10-24-21/h1-11,13H,12H2,(H,25,28)(H,23,24,27). The molecule has 0 unspecified atom stereocenters. The molecule has 0 aliphatic heterocycles. The lowest BCUT2D eigenvalue weighted by Crippen LogP contribution is -2.16. The van der Waals surface area contributed by atoms with Crippen LogP contribution in [0.25, 0.3) is 10.6 Å². The van der Waals surface area contributed by atoms with Gasteiger partial charge in [-0.3, -0.25) is 4.79 Å². The number of rotatable bonds is 7. The van der Waals surface area contributed by atoms with E-state index in [4.69, 9.17) is 11.6 Å². The van der Waals surface area contributed by atoms with Crippen molar-refractivity contribution in [2.75, 3.05) is 10.0 Å². The van der Waals surface area contributed by atoms with E-state index in [9.17, 15) is 13.2 Å². The number of carbonyl (C=O) groups is 1. The van der Waals surface area contributed by atoms with E-state index in [2.05, 4.69) is 25.0 Å². The zero-order valence-electron chi connectivity index (χ0n) is 16.4. The van der Waals surface area contributed by atoms with Gasteiger partial charge < -0.3 is 5.32 Å². The van der Waals surface area contributed by atoms with Crippen LogP contribution in [0.1, 0.15) is 5.69 Å². The Kier molecular flexibility index (Phi) is 6.45. The summed E-state index contributed by atoms with van der Waals surface area (Å²) in [6.07, 6.45) is 2.96. The highest BCUT2D eigenvalue weighted by Gasteiger charge is 2.16. The van der Waals surface area contributed by atoms with Gasteiger partial charge >= 0.3 is 0 Å². The zero-order chi connectivity index (χ0) is 22.6. The van der Waals surface area contributed by atoms with Crippen LogP contribution in [0, 0.1) is 0 Å². The summed E-state index contributed by atoms with van der Waals surface area (Å²) < 4.78 is 27.1. The van der Waals surface area contributed by atoms with E-state index in [1.165, 1.54) is 48.0 Å². The third kappa shape index (κ3) is 5.47. The number of aromatic nitrogens is 3. The zero-order valence-corrected chi connectivity index (χ0v) is 18.8. The molecule has 4 rings (SSSR count). The van der Waals surface area contributed by atoms with Crippen molar-refractivity contribution in [1.29, 1.82) is 0 Å². The molecule has 0 saturated carbocycles. The third-order valence-corrected chi connectivity index (χ3v) is 6.72. The average molecular weight is 486 g/mol. The normalized spacial score (nSPS) is 11.2. The van der Waals surface area contributed by atoms with Crippen molar-refractivity contribution in [2.45, 2.75) is 11.3 Å². The minimum atomic E-state index is -3.84. The van der Waals surface area contributed by atoms with E-state index in [1.54, 1.807) is 12.1 Å². The summed E-state index contributed by atoms with van der Waals surface area (Å²) in [5.41, 5.74) is 1.99. The maximum absolute atomic E-state index is 12.4. The smallest absolute Gasteiger partial charge is 0.264 e. The van der Waals surface area contributed by atoms with Gasteiger partial charge in [-0.25, -0.2) is 28.1 Å². The molecule has 162 valence electrons. The first-order valence-electron chi connectivity index (χ1n) is 9.29. The molecule has 0 fully saturated rings. The fourth-order valence-corrected chi connectivity index (χ4v) is 4.73. The number of hydrogen-bond acceptors (Lipinski definition) is 7. The number of anilines is 2. The highest BCUT2D eigenvalue weighted by Crippen LogP contribution is 2.26. The fourth-order valence-electron chi connectivity index (χ4n) is 2.76.